The first kappa shape index (κ1) is 22.1. The van der Waals surface area contributed by atoms with Crippen molar-refractivity contribution in [3.8, 4) is 5.75 Å². The van der Waals surface area contributed by atoms with Crippen LogP contribution in [0, 0.1) is 6.92 Å². The second-order valence-electron chi connectivity index (χ2n) is 7.36. The predicted octanol–water partition coefficient (Wildman–Crippen LogP) is 3.24. The summed E-state index contributed by atoms with van der Waals surface area (Å²) in [4.78, 5) is 36.1. The maximum absolute atomic E-state index is 12.6. The highest BCUT2D eigenvalue weighted by molar-refractivity contribution is 5.87. The lowest BCUT2D eigenvalue weighted by atomic mass is 10.0. The van der Waals surface area contributed by atoms with Crippen LogP contribution in [0.5, 0.6) is 5.75 Å². The average molecular weight is 423 g/mol. The minimum atomic E-state index is -1.12. The van der Waals surface area contributed by atoms with Crippen molar-refractivity contribution in [2.75, 3.05) is 0 Å². The number of benzene rings is 2. The van der Waals surface area contributed by atoms with Gasteiger partial charge in [-0.2, -0.15) is 0 Å². The number of hydrogen-bond donors (Lipinski definition) is 2. The lowest BCUT2D eigenvalue weighted by Gasteiger charge is -2.20. The third kappa shape index (κ3) is 5.12. The van der Waals surface area contributed by atoms with Crippen molar-refractivity contribution in [3.63, 3.8) is 0 Å². The van der Waals surface area contributed by atoms with E-state index in [1.165, 1.54) is 6.07 Å². The van der Waals surface area contributed by atoms with Crippen molar-refractivity contribution in [1.29, 1.82) is 0 Å². The number of carbonyl (C=O) groups excluding carboxylic acids is 1. The number of ether oxygens (including phenoxy) is 1. The molecule has 0 saturated carbocycles. The molecule has 31 heavy (non-hydrogen) atoms. The summed E-state index contributed by atoms with van der Waals surface area (Å²) in [6.07, 6.45) is -0.109. The second kappa shape index (κ2) is 9.47. The maximum atomic E-state index is 12.6. The fourth-order valence-corrected chi connectivity index (χ4v) is 3.41. The zero-order valence-electron chi connectivity index (χ0n) is 17.7. The molecule has 0 aliphatic rings. The molecule has 0 bridgehead atoms. The van der Waals surface area contributed by atoms with Crippen molar-refractivity contribution in [2.24, 2.45) is 0 Å². The fourth-order valence-electron chi connectivity index (χ4n) is 3.41. The number of fused-ring (bicyclic) bond motifs is 1. The summed E-state index contributed by atoms with van der Waals surface area (Å²) in [6.45, 7) is 5.24. The molecule has 0 aliphatic carbocycles. The third-order valence-electron chi connectivity index (χ3n) is 5.15. The molecule has 3 rings (SSSR count). The molecule has 7 nitrogen and oxygen atoms in total. The van der Waals surface area contributed by atoms with Gasteiger partial charge in [-0.15, -0.1) is 0 Å². The van der Waals surface area contributed by atoms with Crippen LogP contribution < -0.4 is 15.7 Å². The Morgan fingerprint density at radius 1 is 1.16 bits per heavy atom. The van der Waals surface area contributed by atoms with E-state index in [2.05, 4.69) is 5.32 Å². The van der Waals surface area contributed by atoms with Crippen molar-refractivity contribution < 1.29 is 23.8 Å². The standard InChI is InChI=1S/C24H25NO6/c1-4-17-13-21(26)31-22-14(2)20(11-10-18(17)22)30-15(3)23(27)25-19(24(28)29)12-16-8-6-5-7-9-16/h5-11,13,15,19H,4,12H2,1-3H3,(H,25,27)(H,28,29)/t15-,19-/m0/s1. The van der Waals surface area contributed by atoms with Gasteiger partial charge in [0, 0.05) is 23.4 Å². The molecule has 0 saturated heterocycles. The fraction of sp³-hybridized carbons (Fsp3) is 0.292. The van der Waals surface area contributed by atoms with Crippen LogP contribution in [-0.2, 0) is 22.4 Å². The van der Waals surface area contributed by atoms with Gasteiger partial charge < -0.3 is 19.6 Å². The Hall–Kier alpha value is -3.61. The number of rotatable bonds is 8. The maximum Gasteiger partial charge on any atom is 0.336 e. The van der Waals surface area contributed by atoms with Crippen LogP contribution in [0.25, 0.3) is 11.0 Å². The molecule has 2 atom stereocenters. The average Bonchev–Trinajstić information content (AvgIpc) is 2.75. The van der Waals surface area contributed by atoms with Gasteiger partial charge in [0.05, 0.1) is 0 Å². The summed E-state index contributed by atoms with van der Waals surface area (Å²) in [5.41, 5.74) is 2.25. The summed E-state index contributed by atoms with van der Waals surface area (Å²) in [5, 5.41) is 12.8. The van der Waals surface area contributed by atoms with E-state index in [-0.39, 0.29) is 6.42 Å². The summed E-state index contributed by atoms with van der Waals surface area (Å²) in [6, 6.07) is 13.0. The minimum Gasteiger partial charge on any atom is -0.480 e. The first-order chi connectivity index (χ1) is 14.8. The van der Waals surface area contributed by atoms with E-state index in [9.17, 15) is 19.5 Å². The molecular weight excluding hydrogens is 398 g/mol. The van der Waals surface area contributed by atoms with E-state index >= 15 is 0 Å². The molecule has 0 fully saturated rings. The predicted molar refractivity (Wildman–Crippen MR) is 116 cm³/mol. The number of aryl methyl sites for hydroxylation is 2. The Kier molecular flexibility index (Phi) is 6.74. The molecule has 1 amide bonds. The van der Waals surface area contributed by atoms with Gasteiger partial charge in [-0.1, -0.05) is 37.3 Å². The SMILES string of the molecule is CCc1cc(=O)oc2c(C)c(O[C@@H](C)C(=O)N[C@@H](Cc3ccccc3)C(=O)O)ccc12. The molecule has 0 radical (unpaired) electrons. The first-order valence-electron chi connectivity index (χ1n) is 10.1. The third-order valence-corrected chi connectivity index (χ3v) is 5.15. The lowest BCUT2D eigenvalue weighted by Crippen LogP contribution is -2.47. The molecule has 1 heterocycles. The van der Waals surface area contributed by atoms with Crippen LogP contribution in [0.2, 0.25) is 0 Å². The number of carbonyl (C=O) groups is 2. The molecule has 0 spiro atoms. The molecule has 2 N–H and O–H groups in total. The van der Waals surface area contributed by atoms with Crippen LogP contribution in [-0.4, -0.2) is 29.1 Å². The van der Waals surface area contributed by atoms with E-state index < -0.39 is 29.6 Å². The van der Waals surface area contributed by atoms with Crippen LogP contribution in [0.15, 0.2) is 57.7 Å². The topological polar surface area (TPSA) is 106 Å². The van der Waals surface area contributed by atoms with Crippen LogP contribution in [0.3, 0.4) is 0 Å². The summed E-state index contributed by atoms with van der Waals surface area (Å²) in [7, 11) is 0. The molecule has 7 heteroatoms. The smallest absolute Gasteiger partial charge is 0.336 e. The van der Waals surface area contributed by atoms with Gasteiger partial charge in [-0.05, 0) is 43.5 Å². The molecular formula is C24H25NO6. The van der Waals surface area contributed by atoms with Gasteiger partial charge >= 0.3 is 11.6 Å². The Morgan fingerprint density at radius 2 is 1.87 bits per heavy atom. The zero-order chi connectivity index (χ0) is 22.5. The summed E-state index contributed by atoms with van der Waals surface area (Å²) >= 11 is 0. The van der Waals surface area contributed by atoms with E-state index in [0.717, 1.165) is 16.5 Å². The van der Waals surface area contributed by atoms with Crippen molar-refractivity contribution >= 4 is 22.8 Å². The zero-order valence-corrected chi connectivity index (χ0v) is 17.7. The van der Waals surface area contributed by atoms with Crippen molar-refractivity contribution in [3.05, 3.63) is 75.6 Å². The largest absolute Gasteiger partial charge is 0.480 e. The molecule has 0 unspecified atom stereocenters. The number of aliphatic carboxylic acids is 1. The number of hydrogen-bond acceptors (Lipinski definition) is 5. The van der Waals surface area contributed by atoms with E-state index in [4.69, 9.17) is 9.15 Å². The van der Waals surface area contributed by atoms with E-state index in [1.54, 1.807) is 38.1 Å². The van der Waals surface area contributed by atoms with Gasteiger partial charge in [0.1, 0.15) is 17.4 Å². The Balaban J connectivity index is 1.77. The Morgan fingerprint density at radius 3 is 2.52 bits per heavy atom. The van der Waals surface area contributed by atoms with Crippen molar-refractivity contribution in [1.82, 2.24) is 5.32 Å². The minimum absolute atomic E-state index is 0.161. The molecule has 2 aromatic carbocycles. The highest BCUT2D eigenvalue weighted by atomic mass is 16.5. The van der Waals surface area contributed by atoms with E-state index in [0.29, 0.717) is 23.3 Å². The van der Waals surface area contributed by atoms with Crippen molar-refractivity contribution in [2.45, 2.75) is 45.8 Å². The normalized spacial score (nSPS) is 12.9. The second-order valence-corrected chi connectivity index (χ2v) is 7.36. The monoisotopic (exact) mass is 423 g/mol. The number of carboxylic acids is 1. The van der Waals surface area contributed by atoms with Crippen LogP contribution in [0.1, 0.15) is 30.5 Å². The molecule has 0 aliphatic heterocycles. The van der Waals surface area contributed by atoms with Gasteiger partial charge in [0.2, 0.25) is 0 Å². The number of carboxylic acid groups (broad SMARTS) is 1. The summed E-state index contributed by atoms with van der Waals surface area (Å²) in [5.74, 6) is -1.28. The highest BCUT2D eigenvalue weighted by Crippen LogP contribution is 2.29. The highest BCUT2D eigenvalue weighted by Gasteiger charge is 2.25. The number of amides is 1. The molecule has 3 aromatic rings. The van der Waals surface area contributed by atoms with E-state index in [1.807, 2.05) is 25.1 Å². The van der Waals surface area contributed by atoms with Gasteiger partial charge in [0.15, 0.2) is 6.10 Å². The van der Waals surface area contributed by atoms with Gasteiger partial charge in [-0.25, -0.2) is 9.59 Å². The quantitative estimate of drug-likeness (QED) is 0.539. The molecule has 1 aromatic heterocycles. The lowest BCUT2D eigenvalue weighted by molar-refractivity contribution is -0.142. The number of nitrogens with one attached hydrogen (secondary N) is 1. The first-order valence-corrected chi connectivity index (χ1v) is 10.1. The Labute approximate surface area is 179 Å². The van der Waals surface area contributed by atoms with Gasteiger partial charge in [0.25, 0.3) is 5.91 Å². The van der Waals surface area contributed by atoms with Crippen LogP contribution in [0.4, 0.5) is 0 Å². The van der Waals surface area contributed by atoms with Crippen LogP contribution >= 0.6 is 0 Å². The molecule has 162 valence electrons. The van der Waals surface area contributed by atoms with Gasteiger partial charge in [-0.3, -0.25) is 4.79 Å². The summed E-state index contributed by atoms with van der Waals surface area (Å²) < 4.78 is 11.2. The Bertz CT molecular complexity index is 1150.